The van der Waals surface area contributed by atoms with Crippen molar-refractivity contribution in [3.63, 3.8) is 0 Å². The topological polar surface area (TPSA) is 29.3 Å². The summed E-state index contributed by atoms with van der Waals surface area (Å²) in [4.78, 5) is 2.63. The Hall–Kier alpha value is -0.860. The van der Waals surface area contributed by atoms with Crippen molar-refractivity contribution in [2.45, 2.75) is 32.7 Å². The lowest BCUT2D eigenvalue weighted by Gasteiger charge is -2.40. The zero-order valence-electron chi connectivity index (χ0n) is 11.7. The summed E-state index contributed by atoms with van der Waals surface area (Å²) >= 11 is 0. The third-order valence-electron chi connectivity index (χ3n) is 4.43. The summed E-state index contributed by atoms with van der Waals surface area (Å²) in [5.41, 5.74) is 7.23. The Labute approximate surface area is 111 Å². The van der Waals surface area contributed by atoms with E-state index >= 15 is 0 Å². The standard InChI is InChI=1S/C16H26N2/c1-13-9-11-18(12-14(13)2)16(8-10-17)15-6-4-3-5-7-15/h3-7,13-14,16H,8-12,17H2,1-2H3. The van der Waals surface area contributed by atoms with Crippen LogP contribution in [-0.2, 0) is 0 Å². The summed E-state index contributed by atoms with van der Waals surface area (Å²) in [6, 6.07) is 11.3. The molecule has 1 aliphatic rings. The van der Waals surface area contributed by atoms with E-state index in [0.29, 0.717) is 6.04 Å². The van der Waals surface area contributed by atoms with Crippen molar-refractivity contribution >= 4 is 0 Å². The molecule has 0 bridgehead atoms. The lowest BCUT2D eigenvalue weighted by molar-refractivity contribution is 0.0918. The average Bonchev–Trinajstić information content (AvgIpc) is 2.40. The largest absolute Gasteiger partial charge is 0.330 e. The Morgan fingerprint density at radius 2 is 1.94 bits per heavy atom. The number of nitrogens with zero attached hydrogens (tertiary/aromatic N) is 1. The second-order valence-electron chi connectivity index (χ2n) is 5.74. The van der Waals surface area contributed by atoms with Gasteiger partial charge in [-0.15, -0.1) is 0 Å². The molecule has 3 unspecified atom stereocenters. The van der Waals surface area contributed by atoms with E-state index in [9.17, 15) is 0 Å². The van der Waals surface area contributed by atoms with E-state index < -0.39 is 0 Å². The Morgan fingerprint density at radius 1 is 1.22 bits per heavy atom. The first kappa shape index (κ1) is 13.6. The van der Waals surface area contributed by atoms with Crippen LogP contribution in [0.2, 0.25) is 0 Å². The Kier molecular flexibility index (Phi) is 4.79. The zero-order chi connectivity index (χ0) is 13.0. The molecule has 0 saturated carbocycles. The molecule has 0 spiro atoms. The van der Waals surface area contributed by atoms with Crippen LogP contribution in [0.25, 0.3) is 0 Å². The normalized spacial score (nSPS) is 27.1. The van der Waals surface area contributed by atoms with Crippen LogP contribution in [0.3, 0.4) is 0 Å². The maximum Gasteiger partial charge on any atom is 0.0360 e. The van der Waals surface area contributed by atoms with Gasteiger partial charge in [-0.3, -0.25) is 4.90 Å². The third-order valence-corrected chi connectivity index (χ3v) is 4.43. The first-order valence-electron chi connectivity index (χ1n) is 7.21. The quantitative estimate of drug-likeness (QED) is 0.884. The van der Waals surface area contributed by atoms with Gasteiger partial charge in [0.2, 0.25) is 0 Å². The molecule has 2 nitrogen and oxygen atoms in total. The molecule has 2 heteroatoms. The molecule has 1 aromatic rings. The van der Waals surface area contributed by atoms with Crippen molar-refractivity contribution < 1.29 is 0 Å². The molecule has 2 rings (SSSR count). The van der Waals surface area contributed by atoms with Gasteiger partial charge in [0.25, 0.3) is 0 Å². The number of piperidine rings is 1. The van der Waals surface area contributed by atoms with Crippen molar-refractivity contribution in [2.75, 3.05) is 19.6 Å². The van der Waals surface area contributed by atoms with Gasteiger partial charge < -0.3 is 5.73 Å². The number of nitrogens with two attached hydrogens (primary N) is 1. The van der Waals surface area contributed by atoms with E-state index in [-0.39, 0.29) is 0 Å². The maximum atomic E-state index is 5.81. The van der Waals surface area contributed by atoms with Crippen molar-refractivity contribution in [2.24, 2.45) is 17.6 Å². The van der Waals surface area contributed by atoms with Gasteiger partial charge in [-0.1, -0.05) is 44.2 Å². The monoisotopic (exact) mass is 246 g/mol. The SMILES string of the molecule is CC1CCN(C(CCN)c2ccccc2)CC1C. The maximum absolute atomic E-state index is 5.81. The fourth-order valence-electron chi connectivity index (χ4n) is 2.97. The Morgan fingerprint density at radius 3 is 2.56 bits per heavy atom. The van der Waals surface area contributed by atoms with E-state index in [1.165, 1.54) is 25.1 Å². The van der Waals surface area contributed by atoms with Gasteiger partial charge in [-0.25, -0.2) is 0 Å². The first-order valence-corrected chi connectivity index (χ1v) is 7.21. The summed E-state index contributed by atoms with van der Waals surface area (Å²) in [6.07, 6.45) is 2.38. The molecular formula is C16H26N2. The van der Waals surface area contributed by atoms with Gasteiger partial charge in [0.1, 0.15) is 0 Å². The second kappa shape index (κ2) is 6.35. The van der Waals surface area contributed by atoms with Gasteiger partial charge >= 0.3 is 0 Å². The molecule has 0 radical (unpaired) electrons. The molecule has 0 aromatic heterocycles. The van der Waals surface area contributed by atoms with Crippen LogP contribution in [0.5, 0.6) is 0 Å². The second-order valence-corrected chi connectivity index (χ2v) is 5.74. The summed E-state index contributed by atoms with van der Waals surface area (Å²) in [5, 5.41) is 0. The summed E-state index contributed by atoms with van der Waals surface area (Å²) in [6.45, 7) is 7.94. The molecule has 1 fully saturated rings. The zero-order valence-corrected chi connectivity index (χ0v) is 11.7. The first-order chi connectivity index (χ1) is 8.72. The van der Waals surface area contributed by atoms with E-state index in [0.717, 1.165) is 24.8 Å². The highest BCUT2D eigenvalue weighted by atomic mass is 15.2. The van der Waals surface area contributed by atoms with Crippen LogP contribution in [0.1, 0.15) is 38.3 Å². The van der Waals surface area contributed by atoms with Gasteiger partial charge in [-0.05, 0) is 43.3 Å². The highest BCUT2D eigenvalue weighted by Crippen LogP contribution is 2.31. The minimum atomic E-state index is 0.506. The van der Waals surface area contributed by atoms with E-state index in [2.05, 4.69) is 49.1 Å². The highest BCUT2D eigenvalue weighted by molar-refractivity contribution is 5.19. The molecule has 1 saturated heterocycles. The molecule has 2 N–H and O–H groups in total. The molecule has 0 aliphatic carbocycles. The number of benzene rings is 1. The number of hydrogen-bond acceptors (Lipinski definition) is 2. The predicted molar refractivity (Wildman–Crippen MR) is 77.4 cm³/mol. The molecule has 1 heterocycles. The van der Waals surface area contributed by atoms with Crippen LogP contribution in [0, 0.1) is 11.8 Å². The number of likely N-dealkylation sites (tertiary alicyclic amines) is 1. The molecule has 3 atom stereocenters. The molecule has 18 heavy (non-hydrogen) atoms. The predicted octanol–water partition coefficient (Wildman–Crippen LogP) is 3.05. The fraction of sp³-hybridized carbons (Fsp3) is 0.625. The third kappa shape index (κ3) is 3.12. The van der Waals surface area contributed by atoms with Crippen LogP contribution in [-0.4, -0.2) is 24.5 Å². The average molecular weight is 246 g/mol. The molecule has 0 amide bonds. The lowest BCUT2D eigenvalue weighted by atomic mass is 9.87. The highest BCUT2D eigenvalue weighted by Gasteiger charge is 2.27. The van der Waals surface area contributed by atoms with Crippen molar-refractivity contribution in [1.82, 2.24) is 4.90 Å². The van der Waals surface area contributed by atoms with Gasteiger partial charge in [0.05, 0.1) is 0 Å². The van der Waals surface area contributed by atoms with Gasteiger partial charge in [-0.2, -0.15) is 0 Å². The molecule has 100 valence electrons. The summed E-state index contributed by atoms with van der Waals surface area (Å²) in [7, 11) is 0. The summed E-state index contributed by atoms with van der Waals surface area (Å²) in [5.74, 6) is 1.65. The number of rotatable bonds is 4. The number of hydrogen-bond donors (Lipinski definition) is 1. The minimum absolute atomic E-state index is 0.506. The van der Waals surface area contributed by atoms with Crippen LogP contribution < -0.4 is 5.73 Å². The molecule has 1 aliphatic heterocycles. The van der Waals surface area contributed by atoms with Crippen LogP contribution in [0.15, 0.2) is 30.3 Å². The van der Waals surface area contributed by atoms with Gasteiger partial charge in [0, 0.05) is 12.6 Å². The van der Waals surface area contributed by atoms with Crippen molar-refractivity contribution in [3.05, 3.63) is 35.9 Å². The smallest absolute Gasteiger partial charge is 0.0360 e. The van der Waals surface area contributed by atoms with Crippen LogP contribution >= 0.6 is 0 Å². The fourth-order valence-corrected chi connectivity index (χ4v) is 2.97. The Balaban J connectivity index is 2.11. The lowest BCUT2D eigenvalue weighted by Crippen LogP contribution is -2.41. The Bertz CT molecular complexity index is 349. The van der Waals surface area contributed by atoms with E-state index in [1.54, 1.807) is 0 Å². The van der Waals surface area contributed by atoms with Gasteiger partial charge in [0.15, 0.2) is 0 Å². The minimum Gasteiger partial charge on any atom is -0.330 e. The van der Waals surface area contributed by atoms with Crippen molar-refractivity contribution in [1.29, 1.82) is 0 Å². The van der Waals surface area contributed by atoms with E-state index in [1.807, 2.05) is 0 Å². The molecular weight excluding hydrogens is 220 g/mol. The van der Waals surface area contributed by atoms with Crippen LogP contribution in [0.4, 0.5) is 0 Å². The summed E-state index contributed by atoms with van der Waals surface area (Å²) < 4.78 is 0. The van der Waals surface area contributed by atoms with Crippen molar-refractivity contribution in [3.8, 4) is 0 Å². The molecule has 1 aromatic carbocycles. The van der Waals surface area contributed by atoms with E-state index in [4.69, 9.17) is 5.73 Å².